The Labute approximate surface area is 134 Å². The zero-order chi connectivity index (χ0) is 13.8. The van der Waals surface area contributed by atoms with Crippen LogP contribution in [-0.4, -0.2) is 25.0 Å². The fraction of sp³-hybridized carbons (Fsp3) is 0.368. The molecule has 0 N–H and O–H groups in total. The van der Waals surface area contributed by atoms with Crippen LogP contribution in [-0.2, 0) is 0 Å². The molecule has 1 heterocycles. The van der Waals surface area contributed by atoms with Crippen LogP contribution in [0.5, 0.6) is 0 Å². The summed E-state index contributed by atoms with van der Waals surface area (Å²) >= 11 is 0. The van der Waals surface area contributed by atoms with Gasteiger partial charge in [0.2, 0.25) is 0 Å². The second-order valence-corrected chi connectivity index (χ2v) is 6.03. The van der Waals surface area contributed by atoms with Crippen LogP contribution in [0.4, 0.5) is 0 Å². The summed E-state index contributed by atoms with van der Waals surface area (Å²) < 4.78 is 0. The molecule has 0 aromatic heterocycles. The molecule has 2 heteroatoms. The number of halogens is 1. The zero-order valence-corrected chi connectivity index (χ0v) is 13.4. The summed E-state index contributed by atoms with van der Waals surface area (Å²) in [5.41, 5.74) is 2.90. The lowest BCUT2D eigenvalue weighted by atomic mass is 9.83. The van der Waals surface area contributed by atoms with Gasteiger partial charge < -0.3 is 4.90 Å². The van der Waals surface area contributed by atoms with Gasteiger partial charge in [0, 0.05) is 12.5 Å². The first kappa shape index (κ1) is 16.1. The number of hydrogen-bond acceptors (Lipinski definition) is 1. The summed E-state index contributed by atoms with van der Waals surface area (Å²) in [5.74, 6) is 1.36. The van der Waals surface area contributed by atoms with Crippen molar-refractivity contribution in [2.75, 3.05) is 20.1 Å². The molecule has 1 saturated heterocycles. The molecule has 0 spiro atoms. The molecule has 2 aromatic carbocycles. The lowest BCUT2D eigenvalue weighted by Gasteiger charge is -2.22. The molecule has 1 atom stereocenters. The number of rotatable bonds is 4. The third-order valence-corrected chi connectivity index (χ3v) is 4.46. The predicted octanol–water partition coefficient (Wildman–Crippen LogP) is 4.58. The molecular weight excluding hydrogens is 278 g/mol. The van der Waals surface area contributed by atoms with Crippen LogP contribution in [0.3, 0.4) is 0 Å². The van der Waals surface area contributed by atoms with Crippen LogP contribution in [0.15, 0.2) is 60.7 Å². The standard InChI is InChI=1S/C19H23N.ClH/c1-20-13-12-16(15-20)14-19(17-8-4-2-5-9-17)18-10-6-3-7-11-18;/h2-11,16,19H,12-15H2,1H3;1H. The largest absolute Gasteiger partial charge is 0.306 e. The van der Waals surface area contributed by atoms with E-state index < -0.39 is 0 Å². The van der Waals surface area contributed by atoms with Crippen molar-refractivity contribution in [2.24, 2.45) is 5.92 Å². The minimum absolute atomic E-state index is 0. The number of benzene rings is 2. The smallest absolute Gasteiger partial charge is 0.00924 e. The third-order valence-electron chi connectivity index (χ3n) is 4.46. The van der Waals surface area contributed by atoms with Crippen molar-refractivity contribution in [2.45, 2.75) is 18.8 Å². The van der Waals surface area contributed by atoms with Crippen molar-refractivity contribution in [3.63, 3.8) is 0 Å². The summed E-state index contributed by atoms with van der Waals surface area (Å²) in [7, 11) is 2.24. The Kier molecular flexibility index (Phi) is 5.84. The zero-order valence-electron chi connectivity index (χ0n) is 12.6. The first-order valence-corrected chi connectivity index (χ1v) is 7.61. The highest BCUT2D eigenvalue weighted by Crippen LogP contribution is 2.33. The first-order chi connectivity index (χ1) is 9.83. The molecule has 21 heavy (non-hydrogen) atoms. The van der Waals surface area contributed by atoms with E-state index in [2.05, 4.69) is 72.6 Å². The molecule has 2 aromatic rings. The van der Waals surface area contributed by atoms with Gasteiger partial charge in [0.15, 0.2) is 0 Å². The van der Waals surface area contributed by atoms with Gasteiger partial charge in [-0.2, -0.15) is 0 Å². The molecule has 0 aliphatic carbocycles. The van der Waals surface area contributed by atoms with Crippen molar-refractivity contribution < 1.29 is 0 Å². The second kappa shape index (κ2) is 7.63. The maximum absolute atomic E-state index is 2.46. The molecule has 1 aliphatic rings. The lowest BCUT2D eigenvalue weighted by molar-refractivity contribution is 0.382. The molecule has 0 bridgehead atoms. The Morgan fingerprint density at radius 1 is 0.952 bits per heavy atom. The molecular formula is C19H24ClN. The van der Waals surface area contributed by atoms with Gasteiger partial charge in [-0.05, 0) is 43.5 Å². The minimum atomic E-state index is 0. The van der Waals surface area contributed by atoms with Gasteiger partial charge in [-0.3, -0.25) is 0 Å². The highest BCUT2D eigenvalue weighted by molar-refractivity contribution is 5.85. The van der Waals surface area contributed by atoms with E-state index in [-0.39, 0.29) is 12.4 Å². The highest BCUT2D eigenvalue weighted by Gasteiger charge is 2.24. The summed E-state index contributed by atoms with van der Waals surface area (Å²) in [6.07, 6.45) is 2.60. The van der Waals surface area contributed by atoms with E-state index in [4.69, 9.17) is 0 Å². The Bertz CT molecular complexity index is 486. The molecule has 1 aliphatic heterocycles. The normalized spacial score (nSPS) is 18.7. The Balaban J connectivity index is 0.00000161. The fourth-order valence-corrected chi connectivity index (χ4v) is 3.39. The molecule has 1 nitrogen and oxygen atoms in total. The van der Waals surface area contributed by atoms with Crippen molar-refractivity contribution in [3.8, 4) is 0 Å². The van der Waals surface area contributed by atoms with Gasteiger partial charge in [0.05, 0.1) is 0 Å². The fourth-order valence-electron chi connectivity index (χ4n) is 3.39. The van der Waals surface area contributed by atoms with Crippen molar-refractivity contribution in [1.29, 1.82) is 0 Å². The molecule has 0 radical (unpaired) electrons. The van der Waals surface area contributed by atoms with Crippen LogP contribution >= 0.6 is 12.4 Å². The van der Waals surface area contributed by atoms with E-state index >= 15 is 0 Å². The van der Waals surface area contributed by atoms with Crippen LogP contribution < -0.4 is 0 Å². The van der Waals surface area contributed by atoms with Crippen LogP contribution in [0, 0.1) is 5.92 Å². The van der Waals surface area contributed by atoms with Gasteiger partial charge in [-0.1, -0.05) is 60.7 Å². The van der Waals surface area contributed by atoms with E-state index in [1.807, 2.05) is 0 Å². The summed E-state index contributed by atoms with van der Waals surface area (Å²) in [6.45, 7) is 2.50. The third kappa shape index (κ3) is 4.09. The van der Waals surface area contributed by atoms with E-state index in [0.29, 0.717) is 5.92 Å². The van der Waals surface area contributed by atoms with Gasteiger partial charge in [0.25, 0.3) is 0 Å². The number of hydrogen-bond donors (Lipinski definition) is 0. The van der Waals surface area contributed by atoms with Crippen molar-refractivity contribution in [3.05, 3.63) is 71.8 Å². The topological polar surface area (TPSA) is 3.24 Å². The first-order valence-electron chi connectivity index (χ1n) is 7.61. The number of nitrogens with zero attached hydrogens (tertiary/aromatic N) is 1. The Morgan fingerprint density at radius 2 is 1.48 bits per heavy atom. The monoisotopic (exact) mass is 301 g/mol. The van der Waals surface area contributed by atoms with Crippen molar-refractivity contribution in [1.82, 2.24) is 4.90 Å². The Morgan fingerprint density at radius 3 is 1.90 bits per heavy atom. The quantitative estimate of drug-likeness (QED) is 0.799. The molecule has 0 amide bonds. The SMILES string of the molecule is CN1CCC(CC(c2ccccc2)c2ccccc2)C1.Cl. The van der Waals surface area contributed by atoms with Crippen molar-refractivity contribution >= 4 is 12.4 Å². The maximum atomic E-state index is 2.46. The van der Waals surface area contributed by atoms with E-state index in [9.17, 15) is 0 Å². The summed E-state index contributed by atoms with van der Waals surface area (Å²) in [6, 6.07) is 21.9. The Hall–Kier alpha value is -1.31. The van der Waals surface area contributed by atoms with E-state index in [1.165, 1.54) is 37.1 Å². The second-order valence-electron chi connectivity index (χ2n) is 6.03. The van der Waals surface area contributed by atoms with Crippen LogP contribution in [0.2, 0.25) is 0 Å². The minimum Gasteiger partial charge on any atom is -0.306 e. The summed E-state index contributed by atoms with van der Waals surface area (Å²) in [4.78, 5) is 2.46. The molecule has 3 rings (SSSR count). The molecule has 112 valence electrons. The van der Waals surface area contributed by atoms with E-state index in [1.54, 1.807) is 0 Å². The maximum Gasteiger partial charge on any atom is 0.00924 e. The average Bonchev–Trinajstić information content (AvgIpc) is 2.92. The lowest BCUT2D eigenvalue weighted by Crippen LogP contribution is -2.15. The highest BCUT2D eigenvalue weighted by atomic mass is 35.5. The molecule has 0 saturated carbocycles. The van der Waals surface area contributed by atoms with Crippen LogP contribution in [0.1, 0.15) is 29.9 Å². The molecule has 1 fully saturated rings. The average molecular weight is 302 g/mol. The van der Waals surface area contributed by atoms with Gasteiger partial charge in [-0.25, -0.2) is 0 Å². The van der Waals surface area contributed by atoms with Gasteiger partial charge >= 0.3 is 0 Å². The predicted molar refractivity (Wildman–Crippen MR) is 92.2 cm³/mol. The van der Waals surface area contributed by atoms with E-state index in [0.717, 1.165) is 5.92 Å². The van der Waals surface area contributed by atoms with Crippen LogP contribution in [0.25, 0.3) is 0 Å². The summed E-state index contributed by atoms with van der Waals surface area (Å²) in [5, 5.41) is 0. The number of likely N-dealkylation sites (tertiary alicyclic amines) is 1. The van der Waals surface area contributed by atoms with Gasteiger partial charge in [0.1, 0.15) is 0 Å². The van der Waals surface area contributed by atoms with Gasteiger partial charge in [-0.15, -0.1) is 12.4 Å². The molecule has 1 unspecified atom stereocenters.